The predicted molar refractivity (Wildman–Crippen MR) is 113 cm³/mol. The zero-order valence-corrected chi connectivity index (χ0v) is 17.5. The second-order valence-electron chi connectivity index (χ2n) is 7.45. The van der Waals surface area contributed by atoms with Crippen molar-refractivity contribution < 1.29 is 14.3 Å². The molecule has 1 amide bonds. The molecule has 0 bridgehead atoms. The number of carbonyl (C=O) groups excluding carboxylic acids is 1. The summed E-state index contributed by atoms with van der Waals surface area (Å²) in [7, 11) is 1.54. The molecule has 4 rings (SSSR count). The number of carbonyl (C=O) groups is 1. The molecular weight excluding hydrogens is 390 g/mol. The maximum atomic E-state index is 13.3. The van der Waals surface area contributed by atoms with Gasteiger partial charge in [-0.05, 0) is 51.0 Å². The molecule has 0 aliphatic carbocycles. The second-order valence-corrected chi connectivity index (χ2v) is 7.86. The fraction of sp³-hybridized carbons (Fsp3) is 0.364. The van der Waals surface area contributed by atoms with Crippen molar-refractivity contribution in [3.63, 3.8) is 0 Å². The zero-order chi connectivity index (χ0) is 20.5. The summed E-state index contributed by atoms with van der Waals surface area (Å²) in [6.07, 6.45) is 1.73. The molecule has 1 aliphatic heterocycles. The largest absolute Gasteiger partial charge is 0.493 e. The van der Waals surface area contributed by atoms with Crippen LogP contribution in [0.3, 0.4) is 0 Å². The number of aromatic amines is 1. The number of benzene rings is 2. The van der Waals surface area contributed by atoms with E-state index in [9.17, 15) is 4.79 Å². The van der Waals surface area contributed by atoms with Gasteiger partial charge in [0.15, 0.2) is 11.5 Å². The topological polar surface area (TPSA) is 67.5 Å². The van der Waals surface area contributed by atoms with Gasteiger partial charge in [-0.25, -0.2) is 4.98 Å². The third-order valence-electron chi connectivity index (χ3n) is 5.07. The summed E-state index contributed by atoms with van der Waals surface area (Å²) in [5.74, 6) is 1.63. The molecule has 1 saturated heterocycles. The number of halogens is 1. The van der Waals surface area contributed by atoms with Gasteiger partial charge in [0.25, 0.3) is 5.91 Å². The van der Waals surface area contributed by atoms with E-state index in [2.05, 4.69) is 4.98 Å². The lowest BCUT2D eigenvalue weighted by Gasteiger charge is -2.24. The van der Waals surface area contributed by atoms with Gasteiger partial charge in [-0.2, -0.15) is 0 Å². The van der Waals surface area contributed by atoms with E-state index in [0.717, 1.165) is 29.7 Å². The van der Waals surface area contributed by atoms with Gasteiger partial charge in [-0.1, -0.05) is 23.7 Å². The molecule has 0 radical (unpaired) electrons. The molecule has 0 saturated carbocycles. The van der Waals surface area contributed by atoms with Crippen LogP contribution in [-0.2, 0) is 0 Å². The SMILES string of the molecule is COc1cc(C(=O)N2CCCC2c2nc3ccccc3[nH]2)cc(Cl)c1OC(C)C. The van der Waals surface area contributed by atoms with Gasteiger partial charge in [0.1, 0.15) is 5.82 Å². The van der Waals surface area contributed by atoms with E-state index in [4.69, 9.17) is 26.1 Å². The summed E-state index contributed by atoms with van der Waals surface area (Å²) >= 11 is 6.42. The molecule has 1 N–H and O–H groups in total. The monoisotopic (exact) mass is 413 g/mol. The molecule has 1 fully saturated rings. The molecular formula is C22H24ClN3O3. The number of imidazole rings is 1. The highest BCUT2D eigenvalue weighted by atomic mass is 35.5. The molecule has 6 nitrogen and oxygen atoms in total. The van der Waals surface area contributed by atoms with E-state index in [0.29, 0.717) is 28.6 Å². The summed E-state index contributed by atoms with van der Waals surface area (Å²) in [6, 6.07) is 11.1. The van der Waals surface area contributed by atoms with Gasteiger partial charge < -0.3 is 19.4 Å². The van der Waals surface area contributed by atoms with Crippen molar-refractivity contribution in [1.29, 1.82) is 0 Å². The predicted octanol–water partition coefficient (Wildman–Crippen LogP) is 4.99. The van der Waals surface area contributed by atoms with Crippen LogP contribution in [0.4, 0.5) is 0 Å². The van der Waals surface area contributed by atoms with Crippen LogP contribution in [0.2, 0.25) is 5.02 Å². The van der Waals surface area contributed by atoms with E-state index in [1.54, 1.807) is 19.2 Å². The number of hydrogen-bond donors (Lipinski definition) is 1. The molecule has 29 heavy (non-hydrogen) atoms. The number of methoxy groups -OCH3 is 1. The lowest BCUT2D eigenvalue weighted by Crippen LogP contribution is -2.31. The quantitative estimate of drug-likeness (QED) is 0.639. The Morgan fingerprint density at radius 3 is 2.83 bits per heavy atom. The van der Waals surface area contributed by atoms with E-state index >= 15 is 0 Å². The number of nitrogens with one attached hydrogen (secondary N) is 1. The number of aromatic nitrogens is 2. The first-order chi connectivity index (χ1) is 14.0. The lowest BCUT2D eigenvalue weighted by molar-refractivity contribution is 0.0730. The Morgan fingerprint density at radius 2 is 2.10 bits per heavy atom. The number of H-pyrrole nitrogens is 1. The highest BCUT2D eigenvalue weighted by Gasteiger charge is 2.33. The van der Waals surface area contributed by atoms with Gasteiger partial charge >= 0.3 is 0 Å². The fourth-order valence-electron chi connectivity index (χ4n) is 3.78. The number of hydrogen-bond acceptors (Lipinski definition) is 4. The smallest absolute Gasteiger partial charge is 0.254 e. The Balaban J connectivity index is 1.65. The van der Waals surface area contributed by atoms with Crippen molar-refractivity contribution >= 4 is 28.5 Å². The number of nitrogens with zero attached hydrogens (tertiary/aromatic N) is 2. The first-order valence-corrected chi connectivity index (χ1v) is 10.2. The highest BCUT2D eigenvalue weighted by molar-refractivity contribution is 6.32. The first kappa shape index (κ1) is 19.6. The van der Waals surface area contributed by atoms with Crippen LogP contribution in [0.25, 0.3) is 11.0 Å². The van der Waals surface area contributed by atoms with Crippen molar-refractivity contribution in [3.05, 3.63) is 52.8 Å². The van der Waals surface area contributed by atoms with Gasteiger partial charge in [0.05, 0.1) is 35.3 Å². The molecule has 1 unspecified atom stereocenters. The number of amides is 1. The zero-order valence-electron chi connectivity index (χ0n) is 16.7. The Hall–Kier alpha value is -2.73. The van der Waals surface area contributed by atoms with Crippen LogP contribution >= 0.6 is 11.6 Å². The standard InChI is InChI=1S/C22H24ClN3O3/c1-13(2)29-20-15(23)11-14(12-19(20)28-3)22(27)26-10-6-9-18(26)21-24-16-7-4-5-8-17(16)25-21/h4-5,7-8,11-13,18H,6,9-10H2,1-3H3,(H,24,25). The minimum Gasteiger partial charge on any atom is -0.493 e. The first-order valence-electron chi connectivity index (χ1n) is 9.77. The summed E-state index contributed by atoms with van der Waals surface area (Å²) in [5.41, 5.74) is 2.36. The number of para-hydroxylation sites is 2. The third kappa shape index (κ3) is 3.77. The van der Waals surface area contributed by atoms with Crippen LogP contribution in [0.5, 0.6) is 11.5 Å². The fourth-order valence-corrected chi connectivity index (χ4v) is 4.04. The van der Waals surface area contributed by atoms with E-state index in [1.165, 1.54) is 0 Å². The van der Waals surface area contributed by atoms with Crippen molar-refractivity contribution in [3.8, 4) is 11.5 Å². The van der Waals surface area contributed by atoms with Crippen LogP contribution in [0, 0.1) is 0 Å². The van der Waals surface area contributed by atoms with Crippen LogP contribution in [0.1, 0.15) is 48.9 Å². The summed E-state index contributed by atoms with van der Waals surface area (Å²) in [5, 5.41) is 0.362. The summed E-state index contributed by atoms with van der Waals surface area (Å²) in [6.45, 7) is 4.50. The van der Waals surface area contributed by atoms with Gasteiger partial charge in [0.2, 0.25) is 0 Å². The average molecular weight is 414 g/mol. The number of rotatable bonds is 5. The Bertz CT molecular complexity index is 1010. The lowest BCUT2D eigenvalue weighted by atomic mass is 10.1. The number of fused-ring (bicyclic) bond motifs is 1. The molecule has 0 spiro atoms. The number of likely N-dealkylation sites (tertiary alicyclic amines) is 1. The molecule has 152 valence electrons. The van der Waals surface area contributed by atoms with Gasteiger partial charge in [-0.3, -0.25) is 4.79 Å². The van der Waals surface area contributed by atoms with Gasteiger partial charge in [-0.15, -0.1) is 0 Å². The molecule has 3 aromatic rings. The molecule has 1 aromatic heterocycles. The van der Waals surface area contributed by atoms with Crippen molar-refractivity contribution in [1.82, 2.24) is 14.9 Å². The second kappa shape index (κ2) is 7.95. The molecule has 2 aromatic carbocycles. The van der Waals surface area contributed by atoms with Crippen LogP contribution < -0.4 is 9.47 Å². The molecule has 7 heteroatoms. The van der Waals surface area contributed by atoms with Crippen LogP contribution in [0.15, 0.2) is 36.4 Å². The van der Waals surface area contributed by atoms with E-state index in [1.807, 2.05) is 43.0 Å². The highest BCUT2D eigenvalue weighted by Crippen LogP contribution is 2.39. The maximum Gasteiger partial charge on any atom is 0.254 e. The normalized spacial score (nSPS) is 16.6. The van der Waals surface area contributed by atoms with Crippen molar-refractivity contribution in [2.75, 3.05) is 13.7 Å². The summed E-state index contributed by atoms with van der Waals surface area (Å²) in [4.78, 5) is 23.2. The van der Waals surface area contributed by atoms with Crippen molar-refractivity contribution in [2.24, 2.45) is 0 Å². The summed E-state index contributed by atoms with van der Waals surface area (Å²) < 4.78 is 11.2. The Morgan fingerprint density at radius 1 is 1.31 bits per heavy atom. The van der Waals surface area contributed by atoms with Crippen molar-refractivity contribution in [2.45, 2.75) is 38.8 Å². The van der Waals surface area contributed by atoms with Crippen LogP contribution in [-0.4, -0.2) is 40.5 Å². The average Bonchev–Trinajstić information content (AvgIpc) is 3.34. The molecule has 2 heterocycles. The minimum atomic E-state index is -0.0933. The van der Waals surface area contributed by atoms with E-state index in [-0.39, 0.29) is 18.1 Å². The van der Waals surface area contributed by atoms with Gasteiger partial charge in [0, 0.05) is 12.1 Å². The molecule has 1 aliphatic rings. The third-order valence-corrected chi connectivity index (χ3v) is 5.35. The number of ether oxygens (including phenoxy) is 2. The van der Waals surface area contributed by atoms with E-state index < -0.39 is 0 Å². The molecule has 1 atom stereocenters. The Kier molecular flexibility index (Phi) is 5.37. The minimum absolute atomic E-state index is 0.0565. The Labute approximate surface area is 174 Å². The maximum absolute atomic E-state index is 13.3.